The van der Waals surface area contributed by atoms with Crippen LogP contribution >= 0.6 is 0 Å². The fourth-order valence-corrected chi connectivity index (χ4v) is 5.49. The molecule has 3 aromatic rings. The average molecular weight is 666 g/mol. The molecule has 7 nitrogen and oxygen atoms in total. The van der Waals surface area contributed by atoms with Crippen LogP contribution in [0.3, 0.4) is 0 Å². The van der Waals surface area contributed by atoms with Crippen molar-refractivity contribution in [3.8, 4) is 11.1 Å². The van der Waals surface area contributed by atoms with Crippen LogP contribution < -0.4 is 5.56 Å². The van der Waals surface area contributed by atoms with Crippen LogP contribution in [0.15, 0.2) is 46.3 Å². The Morgan fingerprint density at radius 1 is 1.02 bits per heavy atom. The highest BCUT2D eigenvalue weighted by atomic mass is 19.4. The molecule has 0 aliphatic carbocycles. The van der Waals surface area contributed by atoms with E-state index in [0.717, 1.165) is 23.0 Å². The molecule has 1 N–H and O–H groups in total. The van der Waals surface area contributed by atoms with Gasteiger partial charge in [-0.05, 0) is 98.8 Å². The number of carbonyl (C=O) groups excluding carboxylic acids is 1. The molecule has 0 spiro atoms. The first-order valence-corrected chi connectivity index (χ1v) is 14.8. The van der Waals surface area contributed by atoms with E-state index in [2.05, 4.69) is 4.99 Å². The van der Waals surface area contributed by atoms with E-state index in [1.54, 1.807) is 46.7 Å². The summed E-state index contributed by atoms with van der Waals surface area (Å²) in [6.45, 7) is 6.82. The molecule has 0 bridgehead atoms. The number of aryl methyl sites for hydroxylation is 2. The number of hydrogen-bond donors (Lipinski definition) is 1. The van der Waals surface area contributed by atoms with Crippen molar-refractivity contribution >= 4 is 18.1 Å². The second-order valence-electron chi connectivity index (χ2n) is 12.3. The maximum absolute atomic E-state index is 15.2. The highest BCUT2D eigenvalue weighted by molar-refractivity contribution is 5.91. The summed E-state index contributed by atoms with van der Waals surface area (Å²) in [6, 6.07) is 3.59. The number of aliphatic imine (C=N–C) groups is 1. The molecular formula is C34H37F6N3O4. The molecule has 3 rings (SSSR count). The molecule has 0 saturated carbocycles. The fraction of sp³-hybridized carbons (Fsp3) is 0.412. The third-order valence-electron chi connectivity index (χ3n) is 7.63. The van der Waals surface area contributed by atoms with Crippen LogP contribution in [0.25, 0.3) is 11.1 Å². The van der Waals surface area contributed by atoms with Crippen molar-refractivity contribution in [1.82, 2.24) is 9.47 Å². The SMILES string of the molecule is Cc1cc(F)cc(C)c1-c1cc(F)c(F)c(C(/C=N/C(=O)C(CC(C)C)n2cc(CCN(C)C)c(C(F)(F)F)cc2=O)CC(=O)O)c1. The lowest BCUT2D eigenvalue weighted by Crippen LogP contribution is -2.32. The van der Waals surface area contributed by atoms with Crippen LogP contribution in [0.4, 0.5) is 26.3 Å². The van der Waals surface area contributed by atoms with E-state index in [9.17, 15) is 41.4 Å². The first-order valence-electron chi connectivity index (χ1n) is 14.8. The number of hydrogen-bond acceptors (Lipinski definition) is 4. The van der Waals surface area contributed by atoms with Gasteiger partial charge >= 0.3 is 12.1 Å². The van der Waals surface area contributed by atoms with Gasteiger partial charge in [0, 0.05) is 36.5 Å². The molecule has 0 radical (unpaired) electrons. The lowest BCUT2D eigenvalue weighted by Gasteiger charge is -2.22. The van der Waals surface area contributed by atoms with Crippen molar-refractivity contribution < 1.29 is 41.0 Å². The number of pyridine rings is 1. The number of halogens is 6. The minimum absolute atomic E-state index is 0.0141. The van der Waals surface area contributed by atoms with Gasteiger partial charge in [-0.2, -0.15) is 13.2 Å². The van der Waals surface area contributed by atoms with E-state index in [1.165, 1.54) is 18.2 Å². The third-order valence-corrected chi connectivity index (χ3v) is 7.63. The van der Waals surface area contributed by atoms with E-state index < -0.39 is 70.6 Å². The van der Waals surface area contributed by atoms with Crippen molar-refractivity contribution in [3.05, 3.63) is 92.2 Å². The molecule has 0 saturated heterocycles. The van der Waals surface area contributed by atoms with Gasteiger partial charge in [-0.25, -0.2) is 18.2 Å². The van der Waals surface area contributed by atoms with Gasteiger partial charge in [0.15, 0.2) is 11.6 Å². The summed E-state index contributed by atoms with van der Waals surface area (Å²) < 4.78 is 86.4. The summed E-state index contributed by atoms with van der Waals surface area (Å²) in [5.41, 5.74) is -1.47. The van der Waals surface area contributed by atoms with Gasteiger partial charge in [-0.1, -0.05) is 13.8 Å². The number of aromatic nitrogens is 1. The van der Waals surface area contributed by atoms with Gasteiger partial charge in [0.2, 0.25) is 0 Å². The molecule has 1 heterocycles. The van der Waals surface area contributed by atoms with E-state index in [4.69, 9.17) is 0 Å². The van der Waals surface area contributed by atoms with Crippen LogP contribution in [0.5, 0.6) is 0 Å². The topological polar surface area (TPSA) is 92.0 Å². The van der Waals surface area contributed by atoms with Crippen LogP contribution in [0.2, 0.25) is 0 Å². The largest absolute Gasteiger partial charge is 0.481 e. The number of rotatable bonds is 12. The molecule has 2 atom stereocenters. The minimum atomic E-state index is -4.82. The highest BCUT2D eigenvalue weighted by Gasteiger charge is 2.35. The van der Waals surface area contributed by atoms with Crippen LogP contribution in [0, 0.1) is 37.2 Å². The average Bonchev–Trinajstić information content (AvgIpc) is 2.93. The maximum Gasteiger partial charge on any atom is 0.416 e. The Bertz CT molecular complexity index is 1710. The Hall–Kier alpha value is -4.26. The molecule has 0 aliphatic rings. The van der Waals surface area contributed by atoms with Crippen LogP contribution in [-0.2, 0) is 22.2 Å². The number of benzene rings is 2. The molecule has 47 heavy (non-hydrogen) atoms. The lowest BCUT2D eigenvalue weighted by molar-refractivity contribution is -0.138. The van der Waals surface area contributed by atoms with Gasteiger partial charge in [0.1, 0.15) is 11.9 Å². The zero-order valence-electron chi connectivity index (χ0n) is 26.9. The maximum atomic E-state index is 15.2. The van der Waals surface area contributed by atoms with Crippen molar-refractivity contribution in [2.75, 3.05) is 20.6 Å². The Morgan fingerprint density at radius 2 is 1.64 bits per heavy atom. The molecular weight excluding hydrogens is 628 g/mol. The van der Waals surface area contributed by atoms with Gasteiger partial charge < -0.3 is 14.6 Å². The zero-order valence-corrected chi connectivity index (χ0v) is 26.9. The monoisotopic (exact) mass is 665 g/mol. The van der Waals surface area contributed by atoms with E-state index >= 15 is 4.39 Å². The van der Waals surface area contributed by atoms with Crippen molar-refractivity contribution in [3.63, 3.8) is 0 Å². The van der Waals surface area contributed by atoms with Crippen molar-refractivity contribution in [2.24, 2.45) is 10.9 Å². The first kappa shape index (κ1) is 37.2. The Labute approximate surface area is 268 Å². The number of aliphatic carboxylic acids is 1. The summed E-state index contributed by atoms with van der Waals surface area (Å²) in [6.07, 6.45) is -3.88. The number of carboxylic acid groups (broad SMARTS) is 1. The number of carbonyl (C=O) groups is 2. The standard InChI is InChI=1S/C34H37F6N3O4/c1-18(2)9-28(43-17-21(7-8-42(5)6)26(15-29(43)44)34(38,39)40)33(47)41-16-23(14-30(45)46)25-12-22(13-27(36)32(25)37)31-19(3)10-24(35)11-20(31)4/h10-13,15-18,23,28H,7-9,14H2,1-6H3,(H,45,46)/b41-16+. The first-order chi connectivity index (χ1) is 21.8. The number of nitrogens with zero attached hydrogens (tertiary/aromatic N) is 3. The second kappa shape index (κ2) is 15.1. The summed E-state index contributed by atoms with van der Waals surface area (Å²) in [4.78, 5) is 43.8. The Morgan fingerprint density at radius 3 is 2.17 bits per heavy atom. The number of carboxylic acids is 1. The number of amides is 1. The molecule has 254 valence electrons. The summed E-state index contributed by atoms with van der Waals surface area (Å²) in [7, 11) is 3.34. The Kier molecular flexibility index (Phi) is 11.9. The number of alkyl halides is 3. The lowest BCUT2D eigenvalue weighted by atomic mass is 9.89. The van der Waals surface area contributed by atoms with Crippen LogP contribution in [0.1, 0.15) is 66.5 Å². The van der Waals surface area contributed by atoms with Gasteiger partial charge in [-0.15, -0.1) is 0 Å². The molecule has 0 aliphatic heterocycles. The smallest absolute Gasteiger partial charge is 0.416 e. The summed E-state index contributed by atoms with van der Waals surface area (Å²) in [5, 5.41) is 9.58. The molecule has 2 unspecified atom stereocenters. The fourth-order valence-electron chi connectivity index (χ4n) is 5.49. The van der Waals surface area contributed by atoms with Crippen LogP contribution in [-0.4, -0.2) is 53.3 Å². The zero-order chi connectivity index (χ0) is 35.4. The van der Waals surface area contributed by atoms with Crippen molar-refractivity contribution in [2.45, 2.75) is 65.1 Å². The van der Waals surface area contributed by atoms with Crippen molar-refractivity contribution in [1.29, 1.82) is 0 Å². The predicted molar refractivity (Wildman–Crippen MR) is 166 cm³/mol. The second-order valence-corrected chi connectivity index (χ2v) is 12.3. The predicted octanol–water partition coefficient (Wildman–Crippen LogP) is 7.12. The molecule has 1 amide bonds. The summed E-state index contributed by atoms with van der Waals surface area (Å²) in [5.74, 6) is -7.33. The third kappa shape index (κ3) is 9.40. The molecule has 13 heteroatoms. The van der Waals surface area contributed by atoms with Gasteiger partial charge in [0.25, 0.3) is 11.5 Å². The quantitative estimate of drug-likeness (QED) is 0.164. The normalized spacial score (nSPS) is 13.5. The van der Waals surface area contributed by atoms with Gasteiger partial charge in [-0.3, -0.25) is 14.4 Å². The summed E-state index contributed by atoms with van der Waals surface area (Å²) >= 11 is 0. The molecule has 1 aromatic heterocycles. The van der Waals surface area contributed by atoms with E-state index in [0.29, 0.717) is 22.8 Å². The molecule has 2 aromatic carbocycles. The van der Waals surface area contributed by atoms with E-state index in [-0.39, 0.29) is 36.4 Å². The van der Waals surface area contributed by atoms with E-state index in [1.807, 2.05) is 0 Å². The molecule has 0 fully saturated rings. The Balaban J connectivity index is 2.13. The number of likely N-dealkylation sites (N-methyl/N-ethyl adjacent to an activating group) is 1. The highest BCUT2D eigenvalue weighted by Crippen LogP contribution is 2.35. The minimum Gasteiger partial charge on any atom is -0.481 e. The van der Waals surface area contributed by atoms with Gasteiger partial charge in [0.05, 0.1) is 12.0 Å².